The number of fused-ring (bicyclic) bond motifs is 1. The molecule has 1 N–H and O–H groups in total. The summed E-state index contributed by atoms with van der Waals surface area (Å²) in [5.41, 5.74) is 2.33. The zero-order valence-electron chi connectivity index (χ0n) is 18.1. The first kappa shape index (κ1) is 21.3. The van der Waals surface area contributed by atoms with Gasteiger partial charge < -0.3 is 14.8 Å². The highest BCUT2D eigenvalue weighted by molar-refractivity contribution is 7.17. The molecule has 7 heteroatoms. The normalized spacial score (nSPS) is 20.3. The van der Waals surface area contributed by atoms with Gasteiger partial charge in [0.15, 0.2) is 5.78 Å². The third-order valence-corrected chi connectivity index (χ3v) is 7.84. The number of rotatable bonds is 6. The summed E-state index contributed by atoms with van der Waals surface area (Å²) in [6.45, 7) is 3.56. The number of carbonyl (C=O) groups is 2. The highest BCUT2D eigenvalue weighted by Crippen LogP contribution is 2.27. The predicted octanol–water partition coefficient (Wildman–Crippen LogP) is 4.96. The molecule has 1 aromatic carbocycles. The highest BCUT2D eigenvalue weighted by Gasteiger charge is 2.31. The van der Waals surface area contributed by atoms with Gasteiger partial charge in [-0.15, -0.1) is 11.3 Å². The molecular formula is C25H28FN3O2S. The zero-order chi connectivity index (χ0) is 22.1. The van der Waals surface area contributed by atoms with Crippen LogP contribution in [0, 0.1) is 11.7 Å². The molecule has 32 heavy (non-hydrogen) atoms. The molecule has 5 nitrogen and oxygen atoms in total. The molecule has 1 atom stereocenters. The number of amides is 1. The Labute approximate surface area is 191 Å². The molecule has 1 unspecified atom stereocenters. The number of ketones is 1. The summed E-state index contributed by atoms with van der Waals surface area (Å²) >= 11 is 1.65. The molecule has 4 heterocycles. The molecular weight excluding hydrogens is 425 g/mol. The molecule has 0 saturated carbocycles. The standard InChI is InChI=1S/C25H28FN3O2S/c26-19-5-3-17(4-6-19)24(30)18-7-12-28(13-8-18)14-9-20-2-1-11-29(20)25(31)22-16-23-21(27-22)10-15-32-23/h3-6,10,15-16,18,20,27H,1-2,7-9,11-14H2. The zero-order valence-corrected chi connectivity index (χ0v) is 18.9. The molecule has 0 bridgehead atoms. The number of nitrogens with one attached hydrogen (secondary N) is 1. The number of piperidine rings is 1. The van der Waals surface area contributed by atoms with E-state index in [0.29, 0.717) is 11.3 Å². The number of aromatic nitrogens is 1. The van der Waals surface area contributed by atoms with Crippen LogP contribution in [0.15, 0.2) is 41.8 Å². The minimum absolute atomic E-state index is 0.0167. The Kier molecular flexibility index (Phi) is 6.11. The van der Waals surface area contributed by atoms with E-state index in [1.54, 1.807) is 23.5 Å². The van der Waals surface area contributed by atoms with Crippen LogP contribution in [0.2, 0.25) is 0 Å². The lowest BCUT2D eigenvalue weighted by atomic mass is 9.88. The van der Waals surface area contributed by atoms with Crippen molar-refractivity contribution in [3.05, 3.63) is 58.9 Å². The summed E-state index contributed by atoms with van der Waals surface area (Å²) < 4.78 is 14.2. The first-order chi connectivity index (χ1) is 15.6. The first-order valence-electron chi connectivity index (χ1n) is 11.5. The van der Waals surface area contributed by atoms with Gasteiger partial charge in [0.2, 0.25) is 0 Å². The molecule has 2 fully saturated rings. The molecule has 0 spiro atoms. The van der Waals surface area contributed by atoms with Crippen molar-refractivity contribution in [1.82, 2.24) is 14.8 Å². The maximum absolute atomic E-state index is 13.1. The second kappa shape index (κ2) is 9.16. The summed E-state index contributed by atoms with van der Waals surface area (Å²) in [6, 6.07) is 10.2. The number of benzene rings is 1. The van der Waals surface area contributed by atoms with Gasteiger partial charge in [0.1, 0.15) is 11.5 Å². The fraction of sp³-hybridized carbons (Fsp3) is 0.440. The van der Waals surface area contributed by atoms with Crippen molar-refractivity contribution in [2.24, 2.45) is 5.92 Å². The largest absolute Gasteiger partial charge is 0.350 e. The number of nitrogens with zero attached hydrogens (tertiary/aromatic N) is 2. The van der Waals surface area contributed by atoms with Gasteiger partial charge in [0.05, 0.1) is 10.2 Å². The number of hydrogen-bond acceptors (Lipinski definition) is 4. The topological polar surface area (TPSA) is 56.4 Å². The second-order valence-corrected chi connectivity index (χ2v) is 9.90. The van der Waals surface area contributed by atoms with Gasteiger partial charge in [0, 0.05) is 30.6 Å². The number of halogens is 1. The van der Waals surface area contributed by atoms with Gasteiger partial charge >= 0.3 is 0 Å². The van der Waals surface area contributed by atoms with Crippen molar-refractivity contribution >= 4 is 33.2 Å². The quantitative estimate of drug-likeness (QED) is 0.537. The second-order valence-electron chi connectivity index (χ2n) is 8.95. The molecule has 0 aliphatic carbocycles. The van der Waals surface area contributed by atoms with E-state index in [1.165, 1.54) is 12.1 Å². The van der Waals surface area contributed by atoms with E-state index < -0.39 is 0 Å². The van der Waals surface area contributed by atoms with Gasteiger partial charge in [-0.25, -0.2) is 4.39 Å². The van der Waals surface area contributed by atoms with Crippen LogP contribution in [0.1, 0.15) is 53.0 Å². The average molecular weight is 454 g/mol. The van der Waals surface area contributed by atoms with Gasteiger partial charge in [-0.2, -0.15) is 0 Å². The Balaban J connectivity index is 1.12. The van der Waals surface area contributed by atoms with Gasteiger partial charge in [-0.1, -0.05) is 0 Å². The van der Waals surface area contributed by atoms with Crippen LogP contribution in [0.25, 0.3) is 10.2 Å². The number of carbonyl (C=O) groups excluding carboxylic acids is 2. The van der Waals surface area contributed by atoms with Crippen LogP contribution in [0.3, 0.4) is 0 Å². The summed E-state index contributed by atoms with van der Waals surface area (Å²) in [5, 5.41) is 2.03. The smallest absolute Gasteiger partial charge is 0.270 e. The number of likely N-dealkylation sites (tertiary alicyclic amines) is 2. The molecule has 2 aliphatic rings. The molecule has 0 radical (unpaired) electrons. The van der Waals surface area contributed by atoms with Gasteiger partial charge in [-0.3, -0.25) is 9.59 Å². The monoisotopic (exact) mass is 453 g/mol. The van der Waals surface area contributed by atoms with Gasteiger partial charge in [-0.05, 0) is 87.0 Å². The number of H-pyrrole nitrogens is 1. The third-order valence-electron chi connectivity index (χ3n) is 6.97. The maximum Gasteiger partial charge on any atom is 0.270 e. The van der Waals surface area contributed by atoms with E-state index in [9.17, 15) is 14.0 Å². The fourth-order valence-corrected chi connectivity index (χ4v) is 5.90. The number of hydrogen-bond donors (Lipinski definition) is 1. The molecule has 168 valence electrons. The molecule has 2 saturated heterocycles. The van der Waals surface area contributed by atoms with Crippen molar-refractivity contribution in [2.75, 3.05) is 26.2 Å². The van der Waals surface area contributed by atoms with Crippen molar-refractivity contribution < 1.29 is 14.0 Å². The van der Waals surface area contributed by atoms with E-state index >= 15 is 0 Å². The van der Waals surface area contributed by atoms with E-state index in [-0.39, 0.29) is 29.5 Å². The Morgan fingerprint density at radius 2 is 1.84 bits per heavy atom. The maximum atomic E-state index is 13.1. The average Bonchev–Trinajstić information content (AvgIpc) is 3.54. The minimum atomic E-state index is -0.313. The lowest BCUT2D eigenvalue weighted by Gasteiger charge is -2.33. The molecule has 5 rings (SSSR count). The molecule has 2 aromatic heterocycles. The van der Waals surface area contributed by atoms with E-state index in [0.717, 1.165) is 68.5 Å². The fourth-order valence-electron chi connectivity index (χ4n) is 5.12. The lowest BCUT2D eigenvalue weighted by molar-refractivity contribution is 0.0700. The minimum Gasteiger partial charge on any atom is -0.350 e. The predicted molar refractivity (Wildman–Crippen MR) is 125 cm³/mol. The van der Waals surface area contributed by atoms with Crippen LogP contribution in [-0.2, 0) is 0 Å². The van der Waals surface area contributed by atoms with Crippen molar-refractivity contribution in [3.8, 4) is 0 Å². The van der Waals surface area contributed by atoms with Crippen LogP contribution < -0.4 is 0 Å². The van der Waals surface area contributed by atoms with Crippen molar-refractivity contribution in [2.45, 2.75) is 38.1 Å². The summed E-state index contributed by atoms with van der Waals surface area (Å²) in [4.78, 5) is 33.5. The number of Topliss-reactive ketones (excluding diaryl/α,β-unsaturated/α-hetero) is 1. The number of aromatic amines is 1. The molecule has 1 amide bonds. The molecule has 3 aromatic rings. The van der Waals surface area contributed by atoms with Crippen LogP contribution in [0.5, 0.6) is 0 Å². The summed E-state index contributed by atoms with van der Waals surface area (Å²) in [6.07, 6.45) is 4.75. The van der Waals surface area contributed by atoms with Crippen LogP contribution in [-0.4, -0.2) is 58.7 Å². The summed E-state index contributed by atoms with van der Waals surface area (Å²) in [7, 11) is 0. The van der Waals surface area contributed by atoms with E-state index in [1.807, 2.05) is 22.4 Å². The SMILES string of the molecule is O=C(c1ccc(F)cc1)C1CCN(CCC2CCCN2C(=O)c2cc3sccc3[nH]2)CC1. The van der Waals surface area contributed by atoms with Crippen molar-refractivity contribution in [3.63, 3.8) is 0 Å². The van der Waals surface area contributed by atoms with Crippen molar-refractivity contribution in [1.29, 1.82) is 0 Å². The van der Waals surface area contributed by atoms with Crippen LogP contribution >= 0.6 is 11.3 Å². The Bertz CT molecular complexity index is 1070. The first-order valence-corrected chi connectivity index (χ1v) is 12.4. The van der Waals surface area contributed by atoms with E-state index in [4.69, 9.17) is 0 Å². The Morgan fingerprint density at radius 1 is 1.06 bits per heavy atom. The Hall–Kier alpha value is -2.51. The third kappa shape index (κ3) is 4.36. The highest BCUT2D eigenvalue weighted by atomic mass is 32.1. The van der Waals surface area contributed by atoms with Crippen LogP contribution in [0.4, 0.5) is 4.39 Å². The molecule has 2 aliphatic heterocycles. The number of thiophene rings is 1. The lowest BCUT2D eigenvalue weighted by Crippen LogP contribution is -2.41. The van der Waals surface area contributed by atoms with E-state index in [2.05, 4.69) is 9.88 Å². The Morgan fingerprint density at radius 3 is 2.59 bits per heavy atom. The van der Waals surface area contributed by atoms with Gasteiger partial charge in [0.25, 0.3) is 5.91 Å². The summed E-state index contributed by atoms with van der Waals surface area (Å²) in [5.74, 6) is -0.0579.